The summed E-state index contributed by atoms with van der Waals surface area (Å²) in [5, 5.41) is 0. The lowest BCUT2D eigenvalue weighted by Gasteiger charge is -2.50. The third-order valence-electron chi connectivity index (χ3n) is 7.44. The van der Waals surface area contributed by atoms with E-state index < -0.39 is 5.60 Å². The predicted octanol–water partition coefficient (Wildman–Crippen LogP) is 4.40. The highest BCUT2D eigenvalue weighted by Crippen LogP contribution is 2.33. The Labute approximate surface area is 229 Å². The van der Waals surface area contributed by atoms with Gasteiger partial charge < -0.3 is 19.1 Å². The van der Waals surface area contributed by atoms with Crippen LogP contribution in [0, 0.1) is 0 Å². The lowest BCUT2D eigenvalue weighted by molar-refractivity contribution is -0.0363. The lowest BCUT2D eigenvalue weighted by atomic mass is 9.92. The van der Waals surface area contributed by atoms with E-state index in [1.165, 1.54) is 0 Å². The van der Waals surface area contributed by atoms with Crippen molar-refractivity contribution in [3.63, 3.8) is 0 Å². The molecule has 2 amide bonds. The van der Waals surface area contributed by atoms with Crippen molar-refractivity contribution in [3.8, 4) is 0 Å². The molecule has 39 heavy (non-hydrogen) atoms. The first-order chi connectivity index (χ1) is 18.6. The van der Waals surface area contributed by atoms with Crippen LogP contribution in [0.2, 0.25) is 0 Å². The van der Waals surface area contributed by atoms with Crippen LogP contribution in [0.15, 0.2) is 48.5 Å². The fraction of sp³-hybridized carbons (Fsp3) is 0.500. The molecule has 208 valence electrons. The minimum atomic E-state index is -0.645. The van der Waals surface area contributed by atoms with Crippen LogP contribution in [0.3, 0.4) is 0 Å². The molecule has 0 N–H and O–H groups in total. The second-order valence-electron chi connectivity index (χ2n) is 11.6. The van der Waals surface area contributed by atoms with Crippen LogP contribution in [0.25, 0.3) is 0 Å². The largest absolute Gasteiger partial charge is 0.459 e. The summed E-state index contributed by atoms with van der Waals surface area (Å²) in [6.45, 7) is 10.4. The smallest absolute Gasteiger partial charge is 0.410 e. The van der Waals surface area contributed by atoms with Crippen molar-refractivity contribution < 1.29 is 28.6 Å². The number of esters is 1. The molecule has 3 aliphatic heterocycles. The molecule has 0 aromatic heterocycles. The van der Waals surface area contributed by atoms with Crippen LogP contribution in [0.1, 0.15) is 60.8 Å². The highest BCUT2D eigenvalue weighted by molar-refractivity contribution is 5.92. The molecule has 9 heteroatoms. The molecule has 1 unspecified atom stereocenters. The molecular weight excluding hydrogens is 498 g/mol. The van der Waals surface area contributed by atoms with Gasteiger partial charge in [-0.15, -0.1) is 0 Å². The summed E-state index contributed by atoms with van der Waals surface area (Å²) in [4.78, 5) is 44.5. The zero-order valence-electron chi connectivity index (χ0n) is 23.1. The molecule has 2 aromatic rings. The summed E-state index contributed by atoms with van der Waals surface area (Å²) in [7, 11) is 0. The molecule has 3 heterocycles. The van der Waals surface area contributed by atoms with Crippen molar-refractivity contribution in [1.29, 1.82) is 0 Å². The van der Waals surface area contributed by atoms with E-state index in [0.717, 1.165) is 16.7 Å². The summed E-state index contributed by atoms with van der Waals surface area (Å²) >= 11 is 0. The van der Waals surface area contributed by atoms with Crippen LogP contribution in [0.5, 0.6) is 0 Å². The monoisotopic (exact) mass is 535 g/mol. The molecule has 5 rings (SSSR count). The molecule has 0 aliphatic carbocycles. The Bertz CT molecular complexity index is 1230. The number of hydrogen-bond acceptors (Lipinski definition) is 7. The fourth-order valence-corrected chi connectivity index (χ4v) is 5.55. The Balaban J connectivity index is 1.33. The topological polar surface area (TPSA) is 88.6 Å². The number of fused-ring (bicyclic) bond motifs is 2. The number of amides is 2. The minimum absolute atomic E-state index is 0.0422. The van der Waals surface area contributed by atoms with E-state index in [-0.39, 0.29) is 43.0 Å². The van der Waals surface area contributed by atoms with Crippen LogP contribution in [-0.2, 0) is 27.2 Å². The second-order valence-corrected chi connectivity index (χ2v) is 11.6. The number of benzene rings is 2. The molecule has 0 saturated carbocycles. The number of piperazine rings is 2. The van der Waals surface area contributed by atoms with Gasteiger partial charge in [0.25, 0.3) is 0 Å². The number of carbonyl (C=O) groups excluding carboxylic acids is 3. The summed E-state index contributed by atoms with van der Waals surface area (Å²) in [5.41, 5.74) is 2.78. The van der Waals surface area contributed by atoms with E-state index in [0.29, 0.717) is 44.7 Å². The van der Waals surface area contributed by atoms with Crippen molar-refractivity contribution >= 4 is 18.2 Å². The molecule has 2 fully saturated rings. The van der Waals surface area contributed by atoms with Crippen molar-refractivity contribution in [2.45, 2.75) is 64.5 Å². The van der Waals surface area contributed by atoms with Crippen LogP contribution >= 0.6 is 0 Å². The average Bonchev–Trinajstić information content (AvgIpc) is 2.89. The number of ether oxygens (including phenoxy) is 3. The number of rotatable bonds is 3. The first kappa shape index (κ1) is 27.0. The van der Waals surface area contributed by atoms with Gasteiger partial charge in [-0.2, -0.15) is 0 Å². The molecular formula is C30H37N3O6. The van der Waals surface area contributed by atoms with Gasteiger partial charge in [0.1, 0.15) is 18.3 Å². The molecule has 3 aliphatic rings. The normalized spacial score (nSPS) is 23.4. The fourth-order valence-electron chi connectivity index (χ4n) is 5.55. The summed E-state index contributed by atoms with van der Waals surface area (Å²) in [6, 6.07) is 15.1. The van der Waals surface area contributed by atoms with E-state index in [1.54, 1.807) is 15.9 Å². The highest BCUT2D eigenvalue weighted by Gasteiger charge is 2.42. The van der Waals surface area contributed by atoms with Crippen molar-refractivity contribution in [3.05, 3.63) is 70.8 Å². The molecule has 9 nitrogen and oxygen atoms in total. The van der Waals surface area contributed by atoms with Crippen molar-refractivity contribution in [2.75, 3.05) is 32.7 Å². The summed E-state index contributed by atoms with van der Waals surface area (Å²) in [6.07, 6.45) is -0.283. The maximum Gasteiger partial charge on any atom is 0.410 e. The van der Waals surface area contributed by atoms with Gasteiger partial charge in [0.2, 0.25) is 0 Å². The summed E-state index contributed by atoms with van der Waals surface area (Å²) < 4.78 is 16.8. The van der Waals surface area contributed by atoms with Gasteiger partial charge >= 0.3 is 18.2 Å². The van der Waals surface area contributed by atoms with E-state index >= 15 is 0 Å². The molecule has 0 spiro atoms. The number of nitrogens with zero attached hydrogens (tertiary/aromatic N) is 3. The Kier molecular flexibility index (Phi) is 7.53. The third-order valence-corrected chi connectivity index (χ3v) is 7.44. The van der Waals surface area contributed by atoms with Gasteiger partial charge in [0, 0.05) is 45.2 Å². The Hall–Kier alpha value is -3.59. The first-order valence-corrected chi connectivity index (χ1v) is 13.6. The standard InChI is InChI=1S/C30H37N3O6/c1-20-14-23-15-22(10-11-25(23)27(34)38-20)26-18-31-12-13-32(28(35)37-19-21-8-6-5-7-9-21)16-24(31)17-33(26)29(36)39-30(2,3)4/h5-11,15,20,24,26H,12-14,16-19H2,1-4H3/t20?,24-,26+/m0/s1. The predicted molar refractivity (Wildman–Crippen MR) is 144 cm³/mol. The van der Waals surface area contributed by atoms with Gasteiger partial charge in [0.05, 0.1) is 11.6 Å². The van der Waals surface area contributed by atoms with E-state index in [9.17, 15) is 14.4 Å². The third kappa shape index (κ3) is 6.19. The lowest BCUT2D eigenvalue weighted by Crippen LogP contribution is -2.64. The maximum absolute atomic E-state index is 13.4. The van der Waals surface area contributed by atoms with Crippen molar-refractivity contribution in [1.82, 2.24) is 14.7 Å². The van der Waals surface area contributed by atoms with Gasteiger partial charge in [-0.05, 0) is 50.5 Å². The average molecular weight is 536 g/mol. The Morgan fingerprint density at radius 1 is 1.00 bits per heavy atom. The zero-order chi connectivity index (χ0) is 27.7. The van der Waals surface area contributed by atoms with Crippen molar-refractivity contribution in [2.24, 2.45) is 0 Å². The first-order valence-electron chi connectivity index (χ1n) is 13.6. The van der Waals surface area contributed by atoms with Gasteiger partial charge in [-0.3, -0.25) is 9.80 Å². The molecule has 2 aromatic carbocycles. The van der Waals surface area contributed by atoms with Crippen LogP contribution in [-0.4, -0.2) is 83.3 Å². The SMILES string of the molecule is CC1Cc2cc([C@H]3CN4CCN(C(=O)OCc5ccccc5)C[C@H]4CN3C(=O)OC(C)(C)C)ccc2C(=O)O1. The number of hydrogen-bond donors (Lipinski definition) is 0. The minimum Gasteiger partial charge on any atom is -0.459 e. The highest BCUT2D eigenvalue weighted by atomic mass is 16.6. The van der Waals surface area contributed by atoms with Gasteiger partial charge in [0.15, 0.2) is 0 Å². The second kappa shape index (κ2) is 10.9. The van der Waals surface area contributed by atoms with E-state index in [4.69, 9.17) is 14.2 Å². The summed E-state index contributed by atoms with van der Waals surface area (Å²) in [5.74, 6) is -0.307. The molecule has 2 saturated heterocycles. The number of cyclic esters (lactones) is 1. The van der Waals surface area contributed by atoms with Gasteiger partial charge in [-0.25, -0.2) is 14.4 Å². The number of carbonyl (C=O) groups is 3. The maximum atomic E-state index is 13.4. The zero-order valence-corrected chi connectivity index (χ0v) is 23.1. The van der Waals surface area contributed by atoms with E-state index in [2.05, 4.69) is 4.90 Å². The van der Waals surface area contributed by atoms with Crippen LogP contribution < -0.4 is 0 Å². The Morgan fingerprint density at radius 2 is 1.77 bits per heavy atom. The quantitative estimate of drug-likeness (QED) is 0.425. The molecule has 0 bridgehead atoms. The Morgan fingerprint density at radius 3 is 2.51 bits per heavy atom. The molecule has 3 atom stereocenters. The van der Waals surface area contributed by atoms with Crippen LogP contribution in [0.4, 0.5) is 9.59 Å². The van der Waals surface area contributed by atoms with E-state index in [1.807, 2.05) is 70.2 Å². The molecule has 0 radical (unpaired) electrons. The van der Waals surface area contributed by atoms with Gasteiger partial charge in [-0.1, -0.05) is 42.5 Å².